The zero-order chi connectivity index (χ0) is 8.43. The molecule has 2 N–H and O–H groups in total. The van der Waals surface area contributed by atoms with Crippen LogP contribution in [0.5, 0.6) is 0 Å². The lowest BCUT2D eigenvalue weighted by atomic mass is 10.2. The van der Waals surface area contributed by atoms with E-state index in [9.17, 15) is 4.79 Å². The molecule has 4 heteroatoms. The highest BCUT2D eigenvalue weighted by molar-refractivity contribution is 5.15. The van der Waals surface area contributed by atoms with E-state index in [0.717, 1.165) is 11.3 Å². The lowest BCUT2D eigenvalue weighted by Gasteiger charge is -1.97. The summed E-state index contributed by atoms with van der Waals surface area (Å²) in [4.78, 5) is 11.1. The van der Waals surface area contributed by atoms with Crippen LogP contribution in [0.25, 0.3) is 0 Å². The van der Waals surface area contributed by atoms with Crippen LogP contribution in [0.4, 0.5) is 0 Å². The molecular formula is C7H13N3O. The summed E-state index contributed by atoms with van der Waals surface area (Å²) in [5, 5.41) is 5.63. The van der Waals surface area contributed by atoms with Crippen LogP contribution in [0.2, 0.25) is 0 Å². The number of aromatic amines is 1. The minimum atomic E-state index is -0.000602. The standard InChI is InChI=1S/C7H13N3O/c1-5-6(4-8-2)7(11)9-10(5)3/h8H,4H2,1-3H3,(H,9,11). The molecule has 0 aliphatic rings. The Balaban J connectivity index is 3.12. The van der Waals surface area contributed by atoms with Gasteiger partial charge in [-0.1, -0.05) is 0 Å². The van der Waals surface area contributed by atoms with E-state index in [4.69, 9.17) is 0 Å². The van der Waals surface area contributed by atoms with Gasteiger partial charge in [-0.3, -0.25) is 14.6 Å². The molecule has 0 bridgehead atoms. The highest BCUT2D eigenvalue weighted by atomic mass is 16.1. The average molecular weight is 155 g/mol. The van der Waals surface area contributed by atoms with Crippen LogP contribution >= 0.6 is 0 Å². The summed E-state index contributed by atoms with van der Waals surface area (Å²) >= 11 is 0. The molecular weight excluding hydrogens is 142 g/mol. The molecule has 0 aromatic carbocycles. The van der Waals surface area contributed by atoms with Crippen LogP contribution in [-0.4, -0.2) is 16.8 Å². The summed E-state index contributed by atoms with van der Waals surface area (Å²) < 4.78 is 1.73. The number of nitrogens with one attached hydrogen (secondary N) is 2. The van der Waals surface area contributed by atoms with E-state index in [1.165, 1.54) is 0 Å². The SMILES string of the molecule is CNCc1c(C)n(C)[nH]c1=O. The number of aromatic nitrogens is 2. The molecule has 11 heavy (non-hydrogen) atoms. The summed E-state index contributed by atoms with van der Waals surface area (Å²) in [5.74, 6) is 0. The Kier molecular flexibility index (Phi) is 2.14. The maximum Gasteiger partial charge on any atom is 0.268 e. The van der Waals surface area contributed by atoms with Gasteiger partial charge in [-0.05, 0) is 14.0 Å². The quantitative estimate of drug-likeness (QED) is 0.618. The Morgan fingerprint density at radius 2 is 2.27 bits per heavy atom. The average Bonchev–Trinajstić information content (AvgIpc) is 2.17. The van der Waals surface area contributed by atoms with E-state index in [2.05, 4.69) is 10.4 Å². The van der Waals surface area contributed by atoms with Gasteiger partial charge in [0, 0.05) is 19.3 Å². The van der Waals surface area contributed by atoms with Gasteiger partial charge in [0.25, 0.3) is 5.56 Å². The second-order valence-electron chi connectivity index (χ2n) is 2.59. The van der Waals surface area contributed by atoms with Gasteiger partial charge in [-0.2, -0.15) is 0 Å². The van der Waals surface area contributed by atoms with Gasteiger partial charge in [0.2, 0.25) is 0 Å². The van der Waals surface area contributed by atoms with Gasteiger partial charge in [-0.15, -0.1) is 0 Å². The van der Waals surface area contributed by atoms with Gasteiger partial charge in [-0.25, -0.2) is 0 Å². The van der Waals surface area contributed by atoms with Crippen molar-refractivity contribution in [2.75, 3.05) is 7.05 Å². The molecule has 0 amide bonds. The largest absolute Gasteiger partial charge is 0.315 e. The molecule has 0 saturated heterocycles. The van der Waals surface area contributed by atoms with Crippen LogP contribution < -0.4 is 10.9 Å². The van der Waals surface area contributed by atoms with Gasteiger partial charge in [0.15, 0.2) is 0 Å². The lowest BCUT2D eigenvalue weighted by Crippen LogP contribution is -2.14. The molecule has 0 spiro atoms. The summed E-state index contributed by atoms with van der Waals surface area (Å²) in [5.41, 5.74) is 1.80. The van der Waals surface area contributed by atoms with Crippen LogP contribution in [0, 0.1) is 6.92 Å². The summed E-state index contributed by atoms with van der Waals surface area (Å²) in [6, 6.07) is 0. The zero-order valence-electron chi connectivity index (χ0n) is 7.06. The van der Waals surface area contributed by atoms with Crippen LogP contribution in [0.3, 0.4) is 0 Å². The molecule has 62 valence electrons. The molecule has 0 unspecified atom stereocenters. The molecule has 0 atom stereocenters. The predicted molar refractivity (Wildman–Crippen MR) is 43.5 cm³/mol. The Bertz CT molecular complexity index is 297. The fourth-order valence-corrected chi connectivity index (χ4v) is 1.06. The summed E-state index contributed by atoms with van der Waals surface area (Å²) in [6.45, 7) is 2.55. The molecule has 4 nitrogen and oxygen atoms in total. The number of hydrogen-bond donors (Lipinski definition) is 2. The molecule has 1 rings (SSSR count). The Labute approximate surface area is 65.2 Å². The summed E-state index contributed by atoms with van der Waals surface area (Å²) in [6.07, 6.45) is 0. The second-order valence-corrected chi connectivity index (χ2v) is 2.59. The molecule has 0 radical (unpaired) electrons. The number of nitrogens with zero attached hydrogens (tertiary/aromatic N) is 1. The van der Waals surface area contributed by atoms with Gasteiger partial charge >= 0.3 is 0 Å². The van der Waals surface area contributed by atoms with E-state index in [-0.39, 0.29) is 5.56 Å². The van der Waals surface area contributed by atoms with Crippen LogP contribution in [0.1, 0.15) is 11.3 Å². The Hall–Kier alpha value is -1.03. The fourth-order valence-electron chi connectivity index (χ4n) is 1.06. The first-order valence-corrected chi connectivity index (χ1v) is 3.56. The highest BCUT2D eigenvalue weighted by Crippen LogP contribution is 1.98. The van der Waals surface area contributed by atoms with E-state index in [1.54, 1.807) is 4.68 Å². The molecule has 1 aromatic heterocycles. The van der Waals surface area contributed by atoms with Gasteiger partial charge in [0.05, 0.1) is 5.56 Å². The first-order chi connectivity index (χ1) is 5.16. The Morgan fingerprint density at radius 1 is 1.64 bits per heavy atom. The number of rotatable bonds is 2. The third-order valence-corrected chi connectivity index (χ3v) is 1.84. The van der Waals surface area contributed by atoms with Crippen molar-refractivity contribution in [3.05, 3.63) is 21.6 Å². The zero-order valence-corrected chi connectivity index (χ0v) is 7.06. The van der Waals surface area contributed by atoms with E-state index in [1.807, 2.05) is 21.0 Å². The highest BCUT2D eigenvalue weighted by Gasteiger charge is 2.05. The third-order valence-electron chi connectivity index (χ3n) is 1.84. The van der Waals surface area contributed by atoms with Crippen molar-refractivity contribution in [1.29, 1.82) is 0 Å². The van der Waals surface area contributed by atoms with E-state index < -0.39 is 0 Å². The van der Waals surface area contributed by atoms with Crippen molar-refractivity contribution < 1.29 is 0 Å². The van der Waals surface area contributed by atoms with Crippen LogP contribution in [-0.2, 0) is 13.6 Å². The first kappa shape index (κ1) is 8.07. The maximum atomic E-state index is 11.1. The molecule has 1 heterocycles. The van der Waals surface area contributed by atoms with Crippen molar-refractivity contribution in [2.24, 2.45) is 7.05 Å². The minimum absolute atomic E-state index is 0.000602. The lowest BCUT2D eigenvalue weighted by molar-refractivity contribution is 0.727. The number of aryl methyl sites for hydroxylation is 1. The molecule has 1 aromatic rings. The smallest absolute Gasteiger partial charge is 0.268 e. The van der Waals surface area contributed by atoms with Crippen LogP contribution in [0.15, 0.2) is 4.79 Å². The van der Waals surface area contributed by atoms with Crippen molar-refractivity contribution >= 4 is 0 Å². The molecule has 0 fully saturated rings. The Morgan fingerprint density at radius 3 is 2.64 bits per heavy atom. The van der Waals surface area contributed by atoms with E-state index in [0.29, 0.717) is 6.54 Å². The minimum Gasteiger partial charge on any atom is -0.315 e. The van der Waals surface area contributed by atoms with Crippen molar-refractivity contribution in [3.8, 4) is 0 Å². The monoisotopic (exact) mass is 155 g/mol. The van der Waals surface area contributed by atoms with Crippen molar-refractivity contribution in [2.45, 2.75) is 13.5 Å². The number of hydrogen-bond acceptors (Lipinski definition) is 2. The maximum absolute atomic E-state index is 11.1. The fraction of sp³-hybridized carbons (Fsp3) is 0.571. The second kappa shape index (κ2) is 2.92. The van der Waals surface area contributed by atoms with E-state index >= 15 is 0 Å². The van der Waals surface area contributed by atoms with Gasteiger partial charge in [0.1, 0.15) is 0 Å². The molecule has 0 aliphatic heterocycles. The number of H-pyrrole nitrogens is 1. The normalized spacial score (nSPS) is 10.5. The first-order valence-electron chi connectivity index (χ1n) is 3.56. The van der Waals surface area contributed by atoms with Crippen molar-refractivity contribution in [1.82, 2.24) is 15.1 Å². The molecule has 0 aliphatic carbocycles. The van der Waals surface area contributed by atoms with Gasteiger partial charge < -0.3 is 5.32 Å². The third kappa shape index (κ3) is 1.35. The predicted octanol–water partition coefficient (Wildman–Crippen LogP) is -0.259. The topological polar surface area (TPSA) is 49.8 Å². The summed E-state index contributed by atoms with van der Waals surface area (Å²) in [7, 11) is 3.65. The molecule has 0 saturated carbocycles. The van der Waals surface area contributed by atoms with Crippen molar-refractivity contribution in [3.63, 3.8) is 0 Å².